The van der Waals surface area contributed by atoms with Crippen molar-refractivity contribution in [2.24, 2.45) is 5.73 Å². The first-order chi connectivity index (χ1) is 12.5. The van der Waals surface area contributed by atoms with Crippen LogP contribution in [0.15, 0.2) is 59.4 Å². The third-order valence-electron chi connectivity index (χ3n) is 4.91. The van der Waals surface area contributed by atoms with Gasteiger partial charge in [0.1, 0.15) is 5.75 Å². The molecule has 0 spiro atoms. The zero-order valence-corrected chi connectivity index (χ0v) is 14.7. The lowest BCUT2D eigenvalue weighted by atomic mass is 9.93. The molecule has 0 bridgehead atoms. The SMILES string of the molecule is Cc1cc(O)c(-c2ccc(C(C)N)cc2)c2c1[nH]c(=O)c1ccccc12. The van der Waals surface area contributed by atoms with Crippen LogP contribution in [0.5, 0.6) is 5.75 Å². The molecule has 0 aliphatic carbocycles. The predicted octanol–water partition coefficient (Wildman–Crippen LogP) is 4.38. The van der Waals surface area contributed by atoms with E-state index in [0.717, 1.165) is 33.0 Å². The van der Waals surface area contributed by atoms with E-state index < -0.39 is 0 Å². The van der Waals surface area contributed by atoms with Crippen molar-refractivity contribution in [3.8, 4) is 16.9 Å². The first kappa shape index (κ1) is 16.4. The van der Waals surface area contributed by atoms with Crippen LogP contribution in [0, 0.1) is 6.92 Å². The van der Waals surface area contributed by atoms with E-state index in [9.17, 15) is 9.90 Å². The second-order valence-electron chi connectivity index (χ2n) is 6.75. The van der Waals surface area contributed by atoms with Gasteiger partial charge in [-0.05, 0) is 48.1 Å². The molecule has 4 aromatic rings. The van der Waals surface area contributed by atoms with Crippen LogP contribution in [0.3, 0.4) is 0 Å². The summed E-state index contributed by atoms with van der Waals surface area (Å²) in [6.45, 7) is 3.82. The second kappa shape index (κ2) is 6.00. The van der Waals surface area contributed by atoms with Crippen LogP contribution < -0.4 is 11.3 Å². The average molecular weight is 344 g/mol. The Kier molecular flexibility index (Phi) is 3.78. The van der Waals surface area contributed by atoms with Crippen LogP contribution in [0.2, 0.25) is 0 Å². The van der Waals surface area contributed by atoms with Crippen LogP contribution in [-0.2, 0) is 0 Å². The smallest absolute Gasteiger partial charge is 0.256 e. The lowest BCUT2D eigenvalue weighted by molar-refractivity contribution is 0.477. The summed E-state index contributed by atoms with van der Waals surface area (Å²) in [5, 5.41) is 13.0. The fourth-order valence-electron chi connectivity index (χ4n) is 3.56. The lowest BCUT2D eigenvalue weighted by Gasteiger charge is -2.15. The van der Waals surface area contributed by atoms with Crippen molar-refractivity contribution in [2.75, 3.05) is 0 Å². The Hall–Kier alpha value is -3.11. The number of hydrogen-bond donors (Lipinski definition) is 3. The van der Waals surface area contributed by atoms with Gasteiger partial charge in [0.15, 0.2) is 0 Å². The molecule has 1 heterocycles. The molecule has 1 unspecified atom stereocenters. The summed E-state index contributed by atoms with van der Waals surface area (Å²) in [4.78, 5) is 15.4. The number of nitrogens with two attached hydrogens (primary N) is 1. The number of nitrogens with one attached hydrogen (secondary N) is 1. The van der Waals surface area contributed by atoms with E-state index in [2.05, 4.69) is 4.98 Å². The van der Waals surface area contributed by atoms with Crippen LogP contribution in [0.1, 0.15) is 24.1 Å². The van der Waals surface area contributed by atoms with Gasteiger partial charge >= 0.3 is 0 Å². The molecule has 0 aliphatic heterocycles. The predicted molar refractivity (Wildman–Crippen MR) is 107 cm³/mol. The molecule has 0 radical (unpaired) electrons. The molecular formula is C22H20N2O2. The third kappa shape index (κ3) is 2.47. The van der Waals surface area contributed by atoms with Gasteiger partial charge in [-0.2, -0.15) is 0 Å². The van der Waals surface area contributed by atoms with E-state index in [1.165, 1.54) is 0 Å². The summed E-state index contributed by atoms with van der Waals surface area (Å²) < 4.78 is 0. The highest BCUT2D eigenvalue weighted by Gasteiger charge is 2.16. The van der Waals surface area contributed by atoms with Crippen LogP contribution in [0.4, 0.5) is 0 Å². The minimum absolute atomic E-state index is 0.0513. The van der Waals surface area contributed by atoms with Gasteiger partial charge in [0.25, 0.3) is 5.56 Å². The Balaban J connectivity index is 2.15. The highest BCUT2D eigenvalue weighted by atomic mass is 16.3. The maximum Gasteiger partial charge on any atom is 0.256 e. The van der Waals surface area contributed by atoms with Crippen molar-refractivity contribution in [1.82, 2.24) is 4.98 Å². The summed E-state index contributed by atoms with van der Waals surface area (Å²) in [6, 6.07) is 17.0. The number of aromatic nitrogens is 1. The minimum Gasteiger partial charge on any atom is -0.507 e. The summed E-state index contributed by atoms with van der Waals surface area (Å²) in [7, 11) is 0. The van der Waals surface area contributed by atoms with Crippen molar-refractivity contribution < 1.29 is 5.11 Å². The van der Waals surface area contributed by atoms with Gasteiger partial charge in [0.2, 0.25) is 0 Å². The van der Waals surface area contributed by atoms with Crippen LogP contribution in [0.25, 0.3) is 32.8 Å². The third-order valence-corrected chi connectivity index (χ3v) is 4.91. The van der Waals surface area contributed by atoms with Gasteiger partial charge in [0, 0.05) is 22.4 Å². The monoisotopic (exact) mass is 344 g/mol. The van der Waals surface area contributed by atoms with E-state index in [1.807, 2.05) is 56.3 Å². The number of aryl methyl sites for hydroxylation is 1. The minimum atomic E-state index is -0.125. The van der Waals surface area contributed by atoms with Crippen molar-refractivity contribution in [3.63, 3.8) is 0 Å². The number of phenols is 1. The molecule has 1 aromatic heterocycles. The highest BCUT2D eigenvalue weighted by molar-refractivity contribution is 6.14. The zero-order valence-electron chi connectivity index (χ0n) is 14.7. The lowest BCUT2D eigenvalue weighted by Crippen LogP contribution is -2.07. The number of phenolic OH excluding ortho intramolecular Hbond substituents is 1. The largest absolute Gasteiger partial charge is 0.507 e. The molecule has 1 atom stereocenters. The summed E-state index contributed by atoms with van der Waals surface area (Å²) in [6.07, 6.45) is 0. The van der Waals surface area contributed by atoms with E-state index in [-0.39, 0.29) is 17.4 Å². The van der Waals surface area contributed by atoms with E-state index in [1.54, 1.807) is 12.1 Å². The number of fused-ring (bicyclic) bond motifs is 3. The molecule has 26 heavy (non-hydrogen) atoms. The molecule has 4 N–H and O–H groups in total. The molecule has 0 saturated carbocycles. The standard InChI is InChI=1S/C22H20N2O2/c1-12-11-18(25)19(15-9-7-14(8-10-15)13(2)23)20-16-5-3-4-6-17(16)22(26)24-21(12)20/h3-11,13,25H,23H2,1-2H3,(H,24,26). The van der Waals surface area contributed by atoms with Crippen LogP contribution >= 0.6 is 0 Å². The van der Waals surface area contributed by atoms with Gasteiger partial charge in [-0.1, -0.05) is 42.5 Å². The molecule has 0 aliphatic rings. The molecule has 4 nitrogen and oxygen atoms in total. The topological polar surface area (TPSA) is 79.1 Å². The zero-order chi connectivity index (χ0) is 18.4. The van der Waals surface area contributed by atoms with Gasteiger partial charge in [0.05, 0.1) is 5.52 Å². The van der Waals surface area contributed by atoms with Gasteiger partial charge < -0.3 is 15.8 Å². The molecule has 3 aromatic carbocycles. The van der Waals surface area contributed by atoms with Crippen molar-refractivity contribution in [3.05, 3.63) is 76.1 Å². The Bertz CT molecular complexity index is 1190. The Morgan fingerprint density at radius 3 is 2.35 bits per heavy atom. The second-order valence-corrected chi connectivity index (χ2v) is 6.75. The fourth-order valence-corrected chi connectivity index (χ4v) is 3.56. The first-order valence-corrected chi connectivity index (χ1v) is 8.60. The number of aromatic amines is 1. The quantitative estimate of drug-likeness (QED) is 0.472. The highest BCUT2D eigenvalue weighted by Crippen LogP contribution is 2.40. The maximum atomic E-state index is 12.5. The normalized spacial score (nSPS) is 12.6. The summed E-state index contributed by atoms with van der Waals surface area (Å²) >= 11 is 0. The molecule has 130 valence electrons. The van der Waals surface area contributed by atoms with E-state index in [0.29, 0.717) is 10.9 Å². The Morgan fingerprint density at radius 2 is 1.69 bits per heavy atom. The summed E-state index contributed by atoms with van der Waals surface area (Å²) in [5.74, 6) is 0.195. The average Bonchev–Trinajstić information content (AvgIpc) is 2.63. The van der Waals surface area contributed by atoms with Gasteiger partial charge in [-0.25, -0.2) is 0 Å². The molecule has 0 amide bonds. The first-order valence-electron chi connectivity index (χ1n) is 8.60. The number of aromatic hydroxyl groups is 1. The maximum absolute atomic E-state index is 12.5. The van der Waals surface area contributed by atoms with Crippen molar-refractivity contribution in [1.29, 1.82) is 0 Å². The molecule has 4 heteroatoms. The van der Waals surface area contributed by atoms with E-state index >= 15 is 0 Å². The van der Waals surface area contributed by atoms with Crippen molar-refractivity contribution >= 4 is 21.7 Å². The number of hydrogen-bond acceptors (Lipinski definition) is 3. The molecule has 0 fully saturated rings. The van der Waals surface area contributed by atoms with Crippen LogP contribution in [-0.4, -0.2) is 10.1 Å². The Morgan fingerprint density at radius 1 is 1.04 bits per heavy atom. The van der Waals surface area contributed by atoms with Crippen molar-refractivity contribution in [2.45, 2.75) is 19.9 Å². The fraction of sp³-hybridized carbons (Fsp3) is 0.136. The van der Waals surface area contributed by atoms with Gasteiger partial charge in [-0.3, -0.25) is 4.79 Å². The molecule has 4 rings (SSSR count). The summed E-state index contributed by atoms with van der Waals surface area (Å²) in [5.41, 5.74) is 10.0. The number of pyridine rings is 1. The number of H-pyrrole nitrogens is 1. The number of benzene rings is 3. The van der Waals surface area contributed by atoms with E-state index in [4.69, 9.17) is 5.73 Å². The Labute approximate surface area is 150 Å². The van der Waals surface area contributed by atoms with Gasteiger partial charge in [-0.15, -0.1) is 0 Å². The number of rotatable bonds is 2. The molecular weight excluding hydrogens is 324 g/mol. The molecule has 0 saturated heterocycles.